The van der Waals surface area contributed by atoms with E-state index in [2.05, 4.69) is 29.1 Å². The molecule has 0 bridgehead atoms. The average Bonchev–Trinajstić information content (AvgIpc) is 2.91. The summed E-state index contributed by atoms with van der Waals surface area (Å²) in [6.45, 7) is 5.75. The maximum Gasteiger partial charge on any atom is 0.451 e. The molecule has 1 saturated heterocycles. The fourth-order valence-corrected chi connectivity index (χ4v) is 2.81. The molecule has 7 heteroatoms. The van der Waals surface area contributed by atoms with Gasteiger partial charge in [0.25, 0.3) is 0 Å². The highest BCUT2D eigenvalue weighted by Crippen LogP contribution is 2.39. The topological polar surface area (TPSA) is 41.0 Å². The number of nitrogens with zero attached hydrogens (tertiary/aromatic N) is 3. The lowest BCUT2D eigenvalue weighted by Gasteiger charge is -2.27. The molecule has 0 spiro atoms. The van der Waals surface area contributed by atoms with E-state index < -0.39 is 12.0 Å². The summed E-state index contributed by atoms with van der Waals surface area (Å²) in [6, 6.07) is 1.58. The fourth-order valence-electron chi connectivity index (χ4n) is 2.81. The second-order valence-corrected chi connectivity index (χ2v) is 5.56. The Balaban J connectivity index is 2.32. The van der Waals surface area contributed by atoms with Gasteiger partial charge in [0.05, 0.1) is 0 Å². The molecule has 0 atom stereocenters. The normalized spacial score (nSPS) is 18.1. The lowest BCUT2D eigenvalue weighted by Crippen LogP contribution is -2.27. The predicted molar refractivity (Wildman–Crippen MR) is 76.4 cm³/mol. The van der Waals surface area contributed by atoms with Gasteiger partial charge in [-0.25, -0.2) is 9.97 Å². The molecule has 1 N–H and O–H groups in total. The highest BCUT2D eigenvalue weighted by molar-refractivity contribution is 5.50. The monoisotopic (exact) mass is 302 g/mol. The zero-order valence-electron chi connectivity index (χ0n) is 12.6. The molecule has 1 fully saturated rings. The van der Waals surface area contributed by atoms with Gasteiger partial charge in [-0.3, -0.25) is 0 Å². The Labute approximate surface area is 122 Å². The Bertz CT molecular complexity index is 497. The summed E-state index contributed by atoms with van der Waals surface area (Å²) >= 11 is 0. The maximum atomic E-state index is 12.9. The Kier molecular flexibility index (Phi) is 4.30. The van der Waals surface area contributed by atoms with Crippen LogP contribution < -0.4 is 10.2 Å². The van der Waals surface area contributed by atoms with Crippen molar-refractivity contribution in [3.63, 3.8) is 0 Å². The van der Waals surface area contributed by atoms with Crippen molar-refractivity contribution in [1.29, 1.82) is 0 Å². The number of nitrogens with one attached hydrogen (secondary N) is 1. The van der Waals surface area contributed by atoms with Gasteiger partial charge in [0, 0.05) is 26.2 Å². The number of hydrogen-bond acceptors (Lipinski definition) is 4. The van der Waals surface area contributed by atoms with Gasteiger partial charge >= 0.3 is 6.18 Å². The molecule has 2 heterocycles. The van der Waals surface area contributed by atoms with E-state index in [0.717, 1.165) is 32.4 Å². The largest absolute Gasteiger partial charge is 0.451 e. The number of rotatable bonds is 4. The molecule has 4 nitrogen and oxygen atoms in total. The molecule has 0 radical (unpaired) electrons. The third-order valence-electron chi connectivity index (χ3n) is 4.48. The molecular formula is C14H21F3N4. The fraction of sp³-hybridized carbons (Fsp3) is 0.714. The Morgan fingerprint density at radius 3 is 2.43 bits per heavy atom. The van der Waals surface area contributed by atoms with Crippen molar-refractivity contribution in [1.82, 2.24) is 9.97 Å². The minimum atomic E-state index is -4.53. The van der Waals surface area contributed by atoms with Gasteiger partial charge in [-0.05, 0) is 24.7 Å². The van der Waals surface area contributed by atoms with Crippen LogP contribution in [-0.2, 0) is 6.18 Å². The Morgan fingerprint density at radius 2 is 1.95 bits per heavy atom. The van der Waals surface area contributed by atoms with Crippen molar-refractivity contribution in [2.45, 2.75) is 39.3 Å². The zero-order valence-corrected chi connectivity index (χ0v) is 12.6. The summed E-state index contributed by atoms with van der Waals surface area (Å²) in [4.78, 5) is 9.15. The quantitative estimate of drug-likeness (QED) is 0.923. The summed E-state index contributed by atoms with van der Waals surface area (Å²) in [5, 5.41) is 2.67. The molecule has 0 amide bonds. The SMILES string of the molecule is CCC1(CC)CCN(c2cc(NC)nc(C(F)(F)F)n2)C1. The van der Waals surface area contributed by atoms with Gasteiger partial charge in [0.15, 0.2) is 0 Å². The summed E-state index contributed by atoms with van der Waals surface area (Å²) in [6.07, 6.45) is -1.50. The van der Waals surface area contributed by atoms with E-state index in [-0.39, 0.29) is 11.2 Å². The minimum absolute atomic E-state index is 0.184. The van der Waals surface area contributed by atoms with E-state index >= 15 is 0 Å². The van der Waals surface area contributed by atoms with E-state index in [4.69, 9.17) is 0 Å². The molecular weight excluding hydrogens is 281 g/mol. The number of anilines is 2. The van der Waals surface area contributed by atoms with Crippen LogP contribution in [0, 0.1) is 5.41 Å². The second-order valence-electron chi connectivity index (χ2n) is 5.56. The molecule has 0 aliphatic carbocycles. The van der Waals surface area contributed by atoms with Crippen LogP contribution in [0.3, 0.4) is 0 Å². The highest BCUT2D eigenvalue weighted by atomic mass is 19.4. The second kappa shape index (κ2) is 5.69. The van der Waals surface area contributed by atoms with E-state index in [1.54, 1.807) is 13.1 Å². The summed E-state index contributed by atoms with van der Waals surface area (Å²) < 4.78 is 38.7. The Hall–Kier alpha value is -1.53. The molecule has 0 unspecified atom stereocenters. The van der Waals surface area contributed by atoms with Crippen LogP contribution >= 0.6 is 0 Å². The minimum Gasteiger partial charge on any atom is -0.373 e. The standard InChI is InChI=1S/C14H21F3N4/c1-4-13(5-2)6-7-21(9-13)11-8-10(18-3)19-12(20-11)14(15,16)17/h8H,4-7,9H2,1-3H3,(H,18,19,20). The molecule has 1 aromatic rings. The molecule has 21 heavy (non-hydrogen) atoms. The molecule has 1 aliphatic heterocycles. The van der Waals surface area contributed by atoms with Crippen LogP contribution in [-0.4, -0.2) is 30.1 Å². The van der Waals surface area contributed by atoms with E-state index in [1.807, 2.05) is 4.90 Å². The molecule has 2 rings (SSSR count). The van der Waals surface area contributed by atoms with Gasteiger partial charge in [0.1, 0.15) is 11.6 Å². The van der Waals surface area contributed by atoms with Gasteiger partial charge in [-0.15, -0.1) is 0 Å². The van der Waals surface area contributed by atoms with Gasteiger partial charge in [0.2, 0.25) is 5.82 Å². The van der Waals surface area contributed by atoms with E-state index in [9.17, 15) is 13.2 Å². The third-order valence-corrected chi connectivity index (χ3v) is 4.48. The van der Waals surface area contributed by atoms with Crippen LogP contribution in [0.5, 0.6) is 0 Å². The zero-order chi connectivity index (χ0) is 15.7. The van der Waals surface area contributed by atoms with Crippen molar-refractivity contribution in [3.05, 3.63) is 11.9 Å². The van der Waals surface area contributed by atoms with Crippen molar-refractivity contribution in [3.8, 4) is 0 Å². The van der Waals surface area contributed by atoms with Gasteiger partial charge < -0.3 is 10.2 Å². The third kappa shape index (κ3) is 3.22. The predicted octanol–water partition coefficient (Wildman–Crippen LogP) is 3.55. The number of hydrogen-bond donors (Lipinski definition) is 1. The van der Waals surface area contributed by atoms with Crippen LogP contribution in [0.25, 0.3) is 0 Å². The smallest absolute Gasteiger partial charge is 0.373 e. The van der Waals surface area contributed by atoms with Gasteiger partial charge in [-0.1, -0.05) is 13.8 Å². The van der Waals surface area contributed by atoms with Crippen LogP contribution in [0.15, 0.2) is 6.07 Å². The molecule has 1 aliphatic rings. The van der Waals surface area contributed by atoms with Gasteiger partial charge in [-0.2, -0.15) is 13.2 Å². The van der Waals surface area contributed by atoms with Crippen LogP contribution in [0.4, 0.5) is 24.8 Å². The number of halogens is 3. The first-order valence-corrected chi connectivity index (χ1v) is 7.22. The number of aromatic nitrogens is 2. The lowest BCUT2D eigenvalue weighted by molar-refractivity contribution is -0.144. The first kappa shape index (κ1) is 15.9. The molecule has 1 aromatic heterocycles. The van der Waals surface area contributed by atoms with Crippen molar-refractivity contribution in [2.24, 2.45) is 5.41 Å². The number of alkyl halides is 3. The first-order valence-electron chi connectivity index (χ1n) is 7.22. The summed E-state index contributed by atoms with van der Waals surface area (Å²) in [7, 11) is 1.55. The lowest BCUT2D eigenvalue weighted by atomic mass is 9.82. The molecule has 118 valence electrons. The van der Waals surface area contributed by atoms with Crippen LogP contribution in [0.2, 0.25) is 0 Å². The average molecular weight is 302 g/mol. The highest BCUT2D eigenvalue weighted by Gasteiger charge is 2.38. The van der Waals surface area contributed by atoms with E-state index in [1.165, 1.54) is 0 Å². The van der Waals surface area contributed by atoms with Crippen molar-refractivity contribution in [2.75, 3.05) is 30.4 Å². The maximum absolute atomic E-state index is 12.9. The van der Waals surface area contributed by atoms with Crippen LogP contribution in [0.1, 0.15) is 38.9 Å². The van der Waals surface area contributed by atoms with Crippen molar-refractivity contribution >= 4 is 11.6 Å². The molecule has 0 aromatic carbocycles. The van der Waals surface area contributed by atoms with E-state index in [0.29, 0.717) is 5.82 Å². The first-order chi connectivity index (χ1) is 9.83. The van der Waals surface area contributed by atoms with Crippen molar-refractivity contribution < 1.29 is 13.2 Å². The summed E-state index contributed by atoms with van der Waals surface area (Å²) in [5.41, 5.74) is 0.184. The summed E-state index contributed by atoms with van der Waals surface area (Å²) in [5.74, 6) is -0.543. The Morgan fingerprint density at radius 1 is 1.29 bits per heavy atom. The molecule has 0 saturated carbocycles.